The Hall–Kier alpha value is -2.11. The Morgan fingerprint density at radius 2 is 2.08 bits per heavy atom. The molecule has 0 aliphatic carbocycles. The first kappa shape index (κ1) is 19.2. The molecule has 1 fully saturated rings. The van der Waals surface area contributed by atoms with E-state index in [9.17, 15) is 9.59 Å². The summed E-state index contributed by atoms with van der Waals surface area (Å²) in [5, 5.41) is 2.84. The van der Waals surface area contributed by atoms with E-state index in [1.807, 2.05) is 25.7 Å². The van der Waals surface area contributed by atoms with Crippen molar-refractivity contribution in [1.29, 1.82) is 0 Å². The summed E-state index contributed by atoms with van der Waals surface area (Å²) in [7, 11) is 0. The van der Waals surface area contributed by atoms with Gasteiger partial charge in [-0.05, 0) is 58.1 Å². The van der Waals surface area contributed by atoms with E-state index in [0.717, 1.165) is 6.42 Å². The van der Waals surface area contributed by atoms with Crippen LogP contribution >= 0.6 is 0 Å². The van der Waals surface area contributed by atoms with Crippen molar-refractivity contribution in [2.75, 3.05) is 13.1 Å². The normalized spacial score (nSPS) is 23.9. The number of amides is 2. The molecule has 3 atom stereocenters. The smallest absolute Gasteiger partial charge is 0.407 e. The first-order valence-corrected chi connectivity index (χ1v) is 8.85. The fourth-order valence-corrected chi connectivity index (χ4v) is 3.20. The fourth-order valence-electron chi connectivity index (χ4n) is 3.20. The van der Waals surface area contributed by atoms with E-state index in [1.165, 1.54) is 0 Å². The number of piperidine rings is 1. The number of rotatable bonds is 3. The number of hydrogen-bond acceptors (Lipinski definition) is 4. The van der Waals surface area contributed by atoms with E-state index < -0.39 is 11.7 Å². The summed E-state index contributed by atoms with van der Waals surface area (Å²) in [6, 6.07) is 3.72. The largest absolute Gasteiger partial charge is 0.444 e. The topological polar surface area (TPSA) is 71.5 Å². The van der Waals surface area contributed by atoms with Gasteiger partial charge in [0, 0.05) is 31.5 Å². The zero-order chi connectivity index (χ0) is 18.6. The van der Waals surface area contributed by atoms with Gasteiger partial charge in [-0.2, -0.15) is 0 Å². The standard InChI is InChI=1S/C19H29N3O3/c1-13-9-14(2)22(17(23)15-7-6-8-20-10-15)12-16(13)11-21-18(24)25-19(3,4)5/h6-8,10,13-14,16H,9,11-12H2,1-5H3,(H,21,24). The Balaban J connectivity index is 1.98. The molecule has 2 rings (SSSR count). The quantitative estimate of drug-likeness (QED) is 0.912. The minimum absolute atomic E-state index is 0.00484. The van der Waals surface area contributed by atoms with Gasteiger partial charge in [0.2, 0.25) is 0 Å². The molecule has 1 aliphatic heterocycles. The number of nitrogens with zero attached hydrogens (tertiary/aromatic N) is 2. The van der Waals surface area contributed by atoms with Gasteiger partial charge in [0.1, 0.15) is 5.60 Å². The molecule has 1 aliphatic rings. The number of likely N-dealkylation sites (tertiary alicyclic amines) is 1. The summed E-state index contributed by atoms with van der Waals surface area (Å²) in [6.07, 6.45) is 3.75. The highest BCUT2D eigenvalue weighted by atomic mass is 16.6. The highest BCUT2D eigenvalue weighted by Gasteiger charge is 2.34. The van der Waals surface area contributed by atoms with E-state index in [4.69, 9.17) is 4.74 Å². The van der Waals surface area contributed by atoms with Crippen LogP contribution in [0.25, 0.3) is 0 Å². The van der Waals surface area contributed by atoms with E-state index >= 15 is 0 Å². The lowest BCUT2D eigenvalue weighted by Crippen LogP contribution is -2.51. The second-order valence-electron chi connectivity index (χ2n) is 7.90. The van der Waals surface area contributed by atoms with Gasteiger partial charge in [-0.25, -0.2) is 4.79 Å². The van der Waals surface area contributed by atoms with Crippen LogP contribution < -0.4 is 5.32 Å². The van der Waals surface area contributed by atoms with Crippen molar-refractivity contribution in [3.8, 4) is 0 Å². The number of ether oxygens (including phenoxy) is 1. The van der Waals surface area contributed by atoms with Gasteiger partial charge in [0.05, 0.1) is 5.56 Å². The number of alkyl carbamates (subject to hydrolysis) is 1. The summed E-state index contributed by atoms with van der Waals surface area (Å²) >= 11 is 0. The third-order valence-electron chi connectivity index (χ3n) is 4.56. The minimum Gasteiger partial charge on any atom is -0.444 e. The summed E-state index contributed by atoms with van der Waals surface area (Å²) in [5.74, 6) is 0.613. The maximum Gasteiger partial charge on any atom is 0.407 e. The number of carbonyl (C=O) groups excluding carboxylic acids is 2. The van der Waals surface area contributed by atoms with Crippen LogP contribution in [0.1, 0.15) is 51.4 Å². The Labute approximate surface area is 150 Å². The molecule has 0 aromatic carbocycles. The molecule has 3 unspecified atom stereocenters. The molecular weight excluding hydrogens is 318 g/mol. The van der Waals surface area contributed by atoms with Gasteiger partial charge in [0.15, 0.2) is 0 Å². The maximum absolute atomic E-state index is 12.8. The lowest BCUT2D eigenvalue weighted by molar-refractivity contribution is 0.0401. The van der Waals surface area contributed by atoms with Gasteiger partial charge >= 0.3 is 6.09 Å². The van der Waals surface area contributed by atoms with Crippen molar-refractivity contribution in [1.82, 2.24) is 15.2 Å². The van der Waals surface area contributed by atoms with Gasteiger partial charge < -0.3 is 15.0 Å². The highest BCUT2D eigenvalue weighted by molar-refractivity contribution is 5.94. The highest BCUT2D eigenvalue weighted by Crippen LogP contribution is 2.28. The van der Waals surface area contributed by atoms with Gasteiger partial charge in [-0.15, -0.1) is 0 Å². The average Bonchev–Trinajstić information content (AvgIpc) is 2.52. The second kappa shape index (κ2) is 7.85. The molecule has 138 valence electrons. The van der Waals surface area contributed by atoms with Crippen molar-refractivity contribution in [2.45, 2.75) is 52.7 Å². The van der Waals surface area contributed by atoms with E-state index in [2.05, 4.69) is 24.1 Å². The molecule has 0 radical (unpaired) electrons. The Morgan fingerprint density at radius 1 is 1.36 bits per heavy atom. The van der Waals surface area contributed by atoms with Crippen molar-refractivity contribution < 1.29 is 14.3 Å². The molecule has 1 saturated heterocycles. The van der Waals surface area contributed by atoms with Crippen LogP contribution in [0.5, 0.6) is 0 Å². The number of aromatic nitrogens is 1. The van der Waals surface area contributed by atoms with Gasteiger partial charge in [-0.3, -0.25) is 9.78 Å². The molecule has 25 heavy (non-hydrogen) atoms. The van der Waals surface area contributed by atoms with Crippen LogP contribution in [-0.2, 0) is 4.74 Å². The third kappa shape index (κ3) is 5.44. The van der Waals surface area contributed by atoms with Crippen LogP contribution in [0.3, 0.4) is 0 Å². The van der Waals surface area contributed by atoms with Crippen molar-refractivity contribution in [3.63, 3.8) is 0 Å². The second-order valence-corrected chi connectivity index (χ2v) is 7.90. The van der Waals surface area contributed by atoms with Crippen LogP contribution in [0.2, 0.25) is 0 Å². The molecular formula is C19H29N3O3. The molecule has 0 spiro atoms. The van der Waals surface area contributed by atoms with Crippen LogP contribution in [0.4, 0.5) is 4.79 Å². The monoisotopic (exact) mass is 347 g/mol. The van der Waals surface area contributed by atoms with E-state index in [-0.39, 0.29) is 17.9 Å². The number of carbonyl (C=O) groups is 2. The van der Waals surface area contributed by atoms with Crippen molar-refractivity contribution in [3.05, 3.63) is 30.1 Å². The van der Waals surface area contributed by atoms with Crippen molar-refractivity contribution >= 4 is 12.0 Å². The summed E-state index contributed by atoms with van der Waals surface area (Å²) in [5.41, 5.74) is 0.0850. The lowest BCUT2D eigenvalue weighted by Gasteiger charge is -2.42. The lowest BCUT2D eigenvalue weighted by atomic mass is 9.83. The fraction of sp³-hybridized carbons (Fsp3) is 0.632. The number of pyridine rings is 1. The average molecular weight is 347 g/mol. The van der Waals surface area contributed by atoms with Crippen LogP contribution in [0, 0.1) is 11.8 Å². The molecule has 1 N–H and O–H groups in total. The molecule has 6 heteroatoms. The Morgan fingerprint density at radius 3 is 2.68 bits per heavy atom. The molecule has 1 aromatic rings. The van der Waals surface area contributed by atoms with Gasteiger partial charge in [0.25, 0.3) is 5.91 Å². The zero-order valence-corrected chi connectivity index (χ0v) is 15.8. The molecule has 0 saturated carbocycles. The number of nitrogens with one attached hydrogen (secondary N) is 1. The molecule has 2 heterocycles. The predicted molar refractivity (Wildman–Crippen MR) is 96.2 cm³/mol. The molecule has 2 amide bonds. The van der Waals surface area contributed by atoms with E-state index in [0.29, 0.717) is 24.6 Å². The maximum atomic E-state index is 12.8. The molecule has 6 nitrogen and oxygen atoms in total. The summed E-state index contributed by atoms with van der Waals surface area (Å²) < 4.78 is 5.29. The predicted octanol–water partition coefficient (Wildman–Crippen LogP) is 3.09. The Kier molecular flexibility index (Phi) is 6.03. The van der Waals surface area contributed by atoms with Gasteiger partial charge in [-0.1, -0.05) is 6.92 Å². The molecule has 0 bridgehead atoms. The Bertz CT molecular complexity index is 598. The summed E-state index contributed by atoms with van der Waals surface area (Å²) in [4.78, 5) is 30.6. The third-order valence-corrected chi connectivity index (χ3v) is 4.56. The van der Waals surface area contributed by atoms with E-state index in [1.54, 1.807) is 24.5 Å². The zero-order valence-electron chi connectivity index (χ0n) is 15.8. The SMILES string of the molecule is CC1CC(C)N(C(=O)c2cccnc2)CC1CNC(=O)OC(C)(C)C. The minimum atomic E-state index is -0.515. The van der Waals surface area contributed by atoms with Crippen LogP contribution in [0.15, 0.2) is 24.5 Å². The van der Waals surface area contributed by atoms with Crippen molar-refractivity contribution in [2.24, 2.45) is 11.8 Å². The summed E-state index contributed by atoms with van der Waals surface area (Å²) in [6.45, 7) is 10.9. The number of hydrogen-bond donors (Lipinski definition) is 1. The molecule has 1 aromatic heterocycles. The first-order valence-electron chi connectivity index (χ1n) is 8.85. The van der Waals surface area contributed by atoms with Crippen LogP contribution in [-0.4, -0.2) is 46.6 Å². The first-order chi connectivity index (χ1) is 11.7.